The Morgan fingerprint density at radius 2 is 0.964 bits per heavy atom. The van der Waals surface area contributed by atoms with Crippen molar-refractivity contribution in [3.63, 3.8) is 0 Å². The van der Waals surface area contributed by atoms with Crippen LogP contribution in [-0.2, 0) is 4.79 Å². The van der Waals surface area contributed by atoms with Gasteiger partial charge in [0.1, 0.15) is 0 Å². The summed E-state index contributed by atoms with van der Waals surface area (Å²) in [4.78, 5) is 10.4. The fraction of sp³-hybridized carbons (Fsp3) is 0.880. The number of carboxylic acids is 1. The van der Waals surface area contributed by atoms with E-state index in [1.54, 1.807) is 0 Å². The first-order chi connectivity index (χ1) is 13.7. The number of aliphatic hydroxyl groups excluding tert-OH is 1. The van der Waals surface area contributed by atoms with Gasteiger partial charge in [0.2, 0.25) is 0 Å². The lowest BCUT2D eigenvalue weighted by Crippen LogP contribution is -2.03. The monoisotopic (exact) mass is 396 g/mol. The van der Waals surface area contributed by atoms with Crippen LogP contribution in [0.1, 0.15) is 135 Å². The van der Waals surface area contributed by atoms with Crippen molar-refractivity contribution < 1.29 is 15.0 Å². The van der Waals surface area contributed by atoms with E-state index in [2.05, 4.69) is 6.92 Å². The molecule has 0 heterocycles. The summed E-state index contributed by atoms with van der Waals surface area (Å²) in [6.45, 7) is 2.28. The molecule has 166 valence electrons. The minimum absolute atomic E-state index is 0.609. The van der Waals surface area contributed by atoms with Crippen LogP contribution < -0.4 is 0 Å². The molecule has 0 saturated carbocycles. The standard InChI is InChI=1S/C25H48O3/c1-2-3-4-5-6-7-8-9-10-11-12-13-14-15-16-17-18-19-20-21-24(26)22-23-25(27)28/h22-24,26H,2-21H2,1H3,(H,27,28). The van der Waals surface area contributed by atoms with E-state index in [1.807, 2.05) is 0 Å². The van der Waals surface area contributed by atoms with Crippen molar-refractivity contribution >= 4 is 5.97 Å². The van der Waals surface area contributed by atoms with Gasteiger partial charge in [-0.05, 0) is 12.5 Å². The predicted molar refractivity (Wildman–Crippen MR) is 121 cm³/mol. The maximum atomic E-state index is 10.4. The highest BCUT2D eigenvalue weighted by atomic mass is 16.4. The van der Waals surface area contributed by atoms with Crippen LogP contribution in [0.3, 0.4) is 0 Å². The van der Waals surface area contributed by atoms with Crippen molar-refractivity contribution in [1.29, 1.82) is 0 Å². The highest BCUT2D eigenvalue weighted by molar-refractivity contribution is 5.79. The third kappa shape index (κ3) is 23.2. The van der Waals surface area contributed by atoms with Crippen LogP contribution >= 0.6 is 0 Å². The molecule has 0 radical (unpaired) electrons. The largest absolute Gasteiger partial charge is 0.478 e. The van der Waals surface area contributed by atoms with Gasteiger partial charge >= 0.3 is 5.97 Å². The molecular formula is C25H48O3. The number of rotatable bonds is 22. The van der Waals surface area contributed by atoms with E-state index in [4.69, 9.17) is 5.11 Å². The van der Waals surface area contributed by atoms with Gasteiger partial charge in [-0.25, -0.2) is 4.79 Å². The molecule has 3 heteroatoms. The molecule has 0 rings (SSSR count). The molecular weight excluding hydrogens is 348 g/mol. The molecule has 0 aliphatic heterocycles. The second kappa shape index (κ2) is 22.5. The van der Waals surface area contributed by atoms with Gasteiger partial charge in [0.15, 0.2) is 0 Å². The molecule has 3 nitrogen and oxygen atoms in total. The quantitative estimate of drug-likeness (QED) is 0.145. The Kier molecular flexibility index (Phi) is 21.8. The van der Waals surface area contributed by atoms with Crippen LogP contribution in [0.25, 0.3) is 0 Å². The first-order valence-corrected chi connectivity index (χ1v) is 12.3. The zero-order valence-electron chi connectivity index (χ0n) is 18.7. The third-order valence-electron chi connectivity index (χ3n) is 5.56. The van der Waals surface area contributed by atoms with Gasteiger partial charge in [-0.1, -0.05) is 129 Å². The average Bonchev–Trinajstić information content (AvgIpc) is 2.68. The maximum Gasteiger partial charge on any atom is 0.328 e. The lowest BCUT2D eigenvalue weighted by atomic mass is 10.0. The van der Waals surface area contributed by atoms with Crippen molar-refractivity contribution in [1.82, 2.24) is 0 Å². The maximum absolute atomic E-state index is 10.4. The van der Waals surface area contributed by atoms with Crippen LogP contribution in [0.5, 0.6) is 0 Å². The summed E-state index contributed by atoms with van der Waals surface area (Å²) in [5, 5.41) is 18.1. The normalized spacial score (nSPS) is 12.6. The van der Waals surface area contributed by atoms with Crippen molar-refractivity contribution in [2.24, 2.45) is 0 Å². The third-order valence-corrected chi connectivity index (χ3v) is 5.56. The van der Waals surface area contributed by atoms with E-state index in [-0.39, 0.29) is 0 Å². The van der Waals surface area contributed by atoms with E-state index in [0.29, 0.717) is 6.42 Å². The predicted octanol–water partition coefficient (Wildman–Crippen LogP) is 7.81. The molecule has 28 heavy (non-hydrogen) atoms. The highest BCUT2D eigenvalue weighted by Gasteiger charge is 2.00. The first kappa shape index (κ1) is 27.2. The van der Waals surface area contributed by atoms with Crippen molar-refractivity contribution in [2.45, 2.75) is 141 Å². The SMILES string of the molecule is CCCCCCCCCCCCCCCCCCCCCC(O)C=CC(=O)O. The summed E-state index contributed by atoms with van der Waals surface area (Å²) < 4.78 is 0. The van der Waals surface area contributed by atoms with Gasteiger partial charge in [-0.2, -0.15) is 0 Å². The minimum Gasteiger partial charge on any atom is -0.478 e. The molecule has 1 atom stereocenters. The number of aliphatic carboxylic acids is 1. The van der Waals surface area contributed by atoms with Gasteiger partial charge in [-0.15, -0.1) is 0 Å². The second-order valence-electron chi connectivity index (χ2n) is 8.42. The molecule has 0 aromatic carbocycles. The number of hydrogen-bond acceptors (Lipinski definition) is 2. The van der Waals surface area contributed by atoms with Crippen LogP contribution in [-0.4, -0.2) is 22.3 Å². The molecule has 0 fully saturated rings. The fourth-order valence-corrected chi connectivity index (χ4v) is 3.72. The summed E-state index contributed by atoms with van der Waals surface area (Å²) in [6.07, 6.45) is 28.3. The summed E-state index contributed by atoms with van der Waals surface area (Å²) in [7, 11) is 0. The molecule has 0 aromatic rings. The van der Waals surface area contributed by atoms with Crippen LogP contribution in [0, 0.1) is 0 Å². The smallest absolute Gasteiger partial charge is 0.328 e. The molecule has 0 bridgehead atoms. The Morgan fingerprint density at radius 3 is 1.29 bits per heavy atom. The van der Waals surface area contributed by atoms with E-state index in [0.717, 1.165) is 18.9 Å². The zero-order chi connectivity index (χ0) is 20.7. The molecule has 0 aliphatic rings. The van der Waals surface area contributed by atoms with Gasteiger partial charge in [0.25, 0.3) is 0 Å². The molecule has 0 aromatic heterocycles. The Balaban J connectivity index is 3.11. The van der Waals surface area contributed by atoms with Gasteiger partial charge in [0, 0.05) is 6.08 Å². The van der Waals surface area contributed by atoms with E-state index in [9.17, 15) is 9.90 Å². The van der Waals surface area contributed by atoms with Gasteiger partial charge in [-0.3, -0.25) is 0 Å². The van der Waals surface area contributed by atoms with Crippen molar-refractivity contribution in [3.8, 4) is 0 Å². The summed E-state index contributed by atoms with van der Waals surface area (Å²) in [5.41, 5.74) is 0. The molecule has 2 N–H and O–H groups in total. The number of hydrogen-bond donors (Lipinski definition) is 2. The second-order valence-corrected chi connectivity index (χ2v) is 8.42. The first-order valence-electron chi connectivity index (χ1n) is 12.3. The number of unbranched alkanes of at least 4 members (excludes halogenated alkanes) is 18. The van der Waals surface area contributed by atoms with E-state index in [1.165, 1.54) is 115 Å². The van der Waals surface area contributed by atoms with E-state index >= 15 is 0 Å². The molecule has 0 spiro atoms. The molecule has 0 saturated heterocycles. The zero-order valence-corrected chi connectivity index (χ0v) is 18.7. The Labute approximate surface area is 175 Å². The minimum atomic E-state index is -0.993. The lowest BCUT2D eigenvalue weighted by Gasteiger charge is -2.05. The molecule has 0 aliphatic carbocycles. The summed E-state index contributed by atoms with van der Waals surface area (Å²) in [6, 6.07) is 0. The number of aliphatic hydroxyl groups is 1. The highest BCUT2D eigenvalue weighted by Crippen LogP contribution is 2.15. The van der Waals surface area contributed by atoms with Gasteiger partial charge < -0.3 is 10.2 Å². The van der Waals surface area contributed by atoms with Crippen molar-refractivity contribution in [2.75, 3.05) is 0 Å². The molecule has 0 amide bonds. The average molecular weight is 397 g/mol. The Morgan fingerprint density at radius 1 is 0.643 bits per heavy atom. The summed E-state index contributed by atoms with van der Waals surface area (Å²) in [5.74, 6) is -0.993. The summed E-state index contributed by atoms with van der Waals surface area (Å²) >= 11 is 0. The number of carboxylic acid groups (broad SMARTS) is 1. The topological polar surface area (TPSA) is 57.5 Å². The fourth-order valence-electron chi connectivity index (χ4n) is 3.72. The van der Waals surface area contributed by atoms with Gasteiger partial charge in [0.05, 0.1) is 6.10 Å². The van der Waals surface area contributed by atoms with Crippen LogP contribution in [0.2, 0.25) is 0 Å². The lowest BCUT2D eigenvalue weighted by molar-refractivity contribution is -0.131. The van der Waals surface area contributed by atoms with Crippen molar-refractivity contribution in [3.05, 3.63) is 12.2 Å². The van der Waals surface area contributed by atoms with Crippen LogP contribution in [0.4, 0.5) is 0 Å². The van der Waals surface area contributed by atoms with Crippen LogP contribution in [0.15, 0.2) is 12.2 Å². The number of carbonyl (C=O) groups is 1. The van der Waals surface area contributed by atoms with E-state index < -0.39 is 12.1 Å². The Hall–Kier alpha value is -0.830. The Bertz CT molecular complexity index is 352. The molecule has 1 unspecified atom stereocenters.